The monoisotopic (exact) mass is 315 g/mol. The van der Waals surface area contributed by atoms with E-state index in [1.165, 1.54) is 37.8 Å². The highest BCUT2D eigenvalue weighted by Gasteiger charge is 2.39. The molecule has 0 unspecified atom stereocenters. The highest BCUT2D eigenvalue weighted by molar-refractivity contribution is 5.77. The Morgan fingerprint density at radius 1 is 1.30 bits per heavy atom. The van der Waals surface area contributed by atoms with Crippen LogP contribution in [-0.4, -0.2) is 21.9 Å². The molecule has 23 heavy (non-hydrogen) atoms. The van der Waals surface area contributed by atoms with Crippen LogP contribution in [0.3, 0.4) is 0 Å². The fourth-order valence-electron chi connectivity index (χ4n) is 4.40. The van der Waals surface area contributed by atoms with E-state index >= 15 is 0 Å². The van der Waals surface area contributed by atoms with Crippen molar-refractivity contribution in [3.63, 3.8) is 0 Å². The van der Waals surface area contributed by atoms with Gasteiger partial charge in [0.05, 0.1) is 11.0 Å². The molecule has 2 saturated carbocycles. The van der Waals surface area contributed by atoms with Crippen molar-refractivity contribution in [3.05, 3.63) is 29.8 Å². The van der Waals surface area contributed by atoms with E-state index in [9.17, 15) is 9.18 Å². The van der Waals surface area contributed by atoms with Crippen LogP contribution in [0.25, 0.3) is 11.0 Å². The average molecular weight is 315 g/mol. The summed E-state index contributed by atoms with van der Waals surface area (Å²) in [5, 5.41) is 3.22. The number of hydrogen-bond acceptors (Lipinski definition) is 2. The summed E-state index contributed by atoms with van der Waals surface area (Å²) in [6.07, 6.45) is 7.31. The number of imidazole rings is 1. The lowest BCUT2D eigenvalue weighted by Gasteiger charge is -2.19. The Labute approximate surface area is 134 Å². The smallest absolute Gasteiger partial charge is 0.220 e. The zero-order chi connectivity index (χ0) is 15.8. The molecule has 122 valence electrons. The minimum atomic E-state index is -0.280. The number of amides is 1. The predicted molar refractivity (Wildman–Crippen MR) is 86.4 cm³/mol. The molecule has 0 bridgehead atoms. The summed E-state index contributed by atoms with van der Waals surface area (Å²) in [7, 11) is 0. The van der Waals surface area contributed by atoms with Gasteiger partial charge in [0.2, 0.25) is 5.91 Å². The Bertz CT molecular complexity index is 726. The third-order valence-electron chi connectivity index (χ3n) is 5.51. The maximum Gasteiger partial charge on any atom is 0.220 e. The maximum absolute atomic E-state index is 13.2. The first-order valence-corrected chi connectivity index (χ1v) is 8.62. The summed E-state index contributed by atoms with van der Waals surface area (Å²) in [6.45, 7) is 0. The Kier molecular flexibility index (Phi) is 3.79. The highest BCUT2D eigenvalue weighted by atomic mass is 19.1. The topological polar surface area (TPSA) is 57.8 Å². The molecule has 2 fully saturated rings. The first-order valence-electron chi connectivity index (χ1n) is 8.62. The van der Waals surface area contributed by atoms with Crippen LogP contribution in [-0.2, 0) is 11.2 Å². The molecule has 2 aliphatic rings. The number of benzene rings is 1. The summed E-state index contributed by atoms with van der Waals surface area (Å²) in [4.78, 5) is 19.7. The van der Waals surface area contributed by atoms with Gasteiger partial charge in [0.15, 0.2) is 0 Å². The van der Waals surface area contributed by atoms with Gasteiger partial charge in [-0.15, -0.1) is 0 Å². The molecule has 0 radical (unpaired) electrons. The van der Waals surface area contributed by atoms with E-state index in [0.717, 1.165) is 23.7 Å². The van der Waals surface area contributed by atoms with Crippen molar-refractivity contribution in [1.29, 1.82) is 0 Å². The van der Waals surface area contributed by atoms with Gasteiger partial charge in [-0.1, -0.05) is 12.8 Å². The van der Waals surface area contributed by atoms with Gasteiger partial charge in [0, 0.05) is 18.9 Å². The van der Waals surface area contributed by atoms with Crippen molar-refractivity contribution in [3.8, 4) is 0 Å². The van der Waals surface area contributed by atoms with Gasteiger partial charge in [-0.3, -0.25) is 4.79 Å². The summed E-state index contributed by atoms with van der Waals surface area (Å²) in [5.41, 5.74) is 1.43. The molecule has 1 aromatic carbocycles. The van der Waals surface area contributed by atoms with E-state index in [4.69, 9.17) is 0 Å². The number of H-pyrrole nitrogens is 1. The second-order valence-corrected chi connectivity index (χ2v) is 6.95. The minimum absolute atomic E-state index is 0.106. The lowest BCUT2D eigenvalue weighted by atomic mass is 9.97. The number of carbonyl (C=O) groups excluding carboxylic acids is 1. The predicted octanol–water partition coefficient (Wildman–Crippen LogP) is 3.33. The Morgan fingerprint density at radius 2 is 2.22 bits per heavy atom. The number of aromatic amines is 1. The van der Waals surface area contributed by atoms with Gasteiger partial charge >= 0.3 is 0 Å². The van der Waals surface area contributed by atoms with E-state index < -0.39 is 0 Å². The van der Waals surface area contributed by atoms with Crippen LogP contribution in [0.15, 0.2) is 18.2 Å². The van der Waals surface area contributed by atoms with Crippen LogP contribution in [0, 0.1) is 17.7 Å². The number of aryl methyl sites for hydroxylation is 1. The molecule has 4 rings (SSSR count). The van der Waals surface area contributed by atoms with Crippen molar-refractivity contribution in [2.75, 3.05) is 0 Å². The second-order valence-electron chi connectivity index (χ2n) is 6.95. The fourth-order valence-corrected chi connectivity index (χ4v) is 4.40. The number of halogens is 1. The van der Waals surface area contributed by atoms with Crippen LogP contribution in [0.2, 0.25) is 0 Å². The third kappa shape index (κ3) is 2.96. The molecule has 1 heterocycles. The average Bonchev–Trinajstić information content (AvgIpc) is 3.21. The van der Waals surface area contributed by atoms with Gasteiger partial charge in [0.25, 0.3) is 0 Å². The van der Waals surface area contributed by atoms with Crippen molar-refractivity contribution in [2.45, 2.75) is 51.0 Å². The molecule has 2 N–H and O–H groups in total. The third-order valence-corrected chi connectivity index (χ3v) is 5.51. The van der Waals surface area contributed by atoms with E-state index in [2.05, 4.69) is 15.3 Å². The largest absolute Gasteiger partial charge is 0.353 e. The summed E-state index contributed by atoms with van der Waals surface area (Å²) in [6, 6.07) is 4.87. The molecule has 1 aromatic heterocycles. The van der Waals surface area contributed by atoms with Gasteiger partial charge in [-0.2, -0.15) is 0 Å². The number of carbonyl (C=O) groups is 1. The lowest BCUT2D eigenvalue weighted by molar-refractivity contribution is -0.122. The van der Waals surface area contributed by atoms with Crippen molar-refractivity contribution in [1.82, 2.24) is 15.3 Å². The van der Waals surface area contributed by atoms with Gasteiger partial charge < -0.3 is 10.3 Å². The number of fused-ring (bicyclic) bond motifs is 2. The molecule has 2 aliphatic carbocycles. The van der Waals surface area contributed by atoms with Crippen LogP contribution in [0.4, 0.5) is 4.39 Å². The molecule has 1 amide bonds. The SMILES string of the molecule is O=C(CCc1nc2ccc(F)cc2[nH]1)N[C@H]1CC[C@@H]2CCC[C@@H]21. The molecule has 4 nitrogen and oxygen atoms in total. The number of nitrogens with one attached hydrogen (secondary N) is 2. The van der Waals surface area contributed by atoms with Crippen LogP contribution in [0.1, 0.15) is 44.3 Å². The van der Waals surface area contributed by atoms with E-state index in [-0.39, 0.29) is 11.7 Å². The number of rotatable bonds is 4. The normalized spacial score (nSPS) is 26.6. The Morgan fingerprint density at radius 3 is 3.13 bits per heavy atom. The Hall–Kier alpha value is -1.91. The van der Waals surface area contributed by atoms with Gasteiger partial charge in [0.1, 0.15) is 11.6 Å². The quantitative estimate of drug-likeness (QED) is 0.909. The lowest BCUT2D eigenvalue weighted by Crippen LogP contribution is -2.37. The number of aromatic nitrogens is 2. The summed E-state index contributed by atoms with van der Waals surface area (Å²) >= 11 is 0. The molecular formula is C18H22FN3O. The van der Waals surface area contributed by atoms with E-state index in [0.29, 0.717) is 30.3 Å². The first kappa shape index (κ1) is 14.7. The van der Waals surface area contributed by atoms with Crippen molar-refractivity contribution in [2.24, 2.45) is 11.8 Å². The molecule has 2 aromatic rings. The van der Waals surface area contributed by atoms with Crippen LogP contribution >= 0.6 is 0 Å². The fraction of sp³-hybridized carbons (Fsp3) is 0.556. The maximum atomic E-state index is 13.2. The highest BCUT2D eigenvalue weighted by Crippen LogP contribution is 2.43. The standard InChI is InChI=1S/C18H22FN3O/c19-12-5-7-15-16(10-12)21-17(20-15)8-9-18(23)22-14-6-4-11-2-1-3-13(11)14/h5,7,10-11,13-14H,1-4,6,8-9H2,(H,20,21)(H,22,23)/t11-,13-,14-/m0/s1. The summed E-state index contributed by atoms with van der Waals surface area (Å²) < 4.78 is 13.2. The van der Waals surface area contributed by atoms with E-state index in [1.807, 2.05) is 0 Å². The van der Waals surface area contributed by atoms with E-state index in [1.54, 1.807) is 6.07 Å². The molecule has 0 spiro atoms. The number of nitrogens with zero attached hydrogens (tertiary/aromatic N) is 1. The molecule has 0 saturated heterocycles. The number of hydrogen-bond donors (Lipinski definition) is 2. The first-order chi connectivity index (χ1) is 11.2. The summed E-state index contributed by atoms with van der Waals surface area (Å²) in [5.74, 6) is 2.11. The van der Waals surface area contributed by atoms with Crippen LogP contribution < -0.4 is 5.32 Å². The molecular weight excluding hydrogens is 293 g/mol. The molecule has 5 heteroatoms. The van der Waals surface area contributed by atoms with Crippen molar-refractivity contribution < 1.29 is 9.18 Å². The Balaban J connectivity index is 1.33. The zero-order valence-corrected chi connectivity index (χ0v) is 13.1. The molecule has 3 atom stereocenters. The van der Waals surface area contributed by atoms with Crippen molar-refractivity contribution >= 4 is 16.9 Å². The van der Waals surface area contributed by atoms with Gasteiger partial charge in [-0.05, 0) is 49.3 Å². The molecule has 0 aliphatic heterocycles. The zero-order valence-electron chi connectivity index (χ0n) is 13.1. The van der Waals surface area contributed by atoms with Gasteiger partial charge in [-0.25, -0.2) is 9.37 Å². The second kappa shape index (κ2) is 5.95. The van der Waals surface area contributed by atoms with Crippen LogP contribution in [0.5, 0.6) is 0 Å². The minimum Gasteiger partial charge on any atom is -0.353 e.